The molecule has 0 saturated carbocycles. The minimum Gasteiger partial charge on any atom is -0.465 e. The van der Waals surface area contributed by atoms with Gasteiger partial charge in [-0.2, -0.15) is 18.6 Å². The summed E-state index contributed by atoms with van der Waals surface area (Å²) < 4.78 is 26.4. The molecule has 0 radical (unpaired) electrons. The molecule has 0 aliphatic heterocycles. The fraction of sp³-hybridized carbons (Fsp3) is 0.214. The Bertz CT molecular complexity index is 808. The van der Waals surface area contributed by atoms with Gasteiger partial charge >= 0.3 is 18.3 Å². The molecule has 2 aromatic heterocycles. The predicted molar refractivity (Wildman–Crippen MR) is 82.1 cm³/mol. The van der Waals surface area contributed by atoms with Crippen molar-refractivity contribution in [1.29, 1.82) is 0 Å². The Morgan fingerprint density at radius 3 is 2.84 bits per heavy atom. The van der Waals surface area contributed by atoms with Gasteiger partial charge in [-0.1, -0.05) is 6.08 Å². The molecule has 2 heterocycles. The molecule has 0 aliphatic rings. The Kier molecular flexibility index (Phi) is 5.37. The Hall–Kier alpha value is -3.37. The third kappa shape index (κ3) is 3.94. The first-order valence-corrected chi connectivity index (χ1v) is 6.91. The fourth-order valence-electron chi connectivity index (χ4n) is 2.27. The number of pyridine rings is 1. The molecule has 25 heavy (non-hydrogen) atoms. The lowest BCUT2D eigenvalue weighted by molar-refractivity contribution is -0.384. The van der Waals surface area contributed by atoms with Crippen LogP contribution in [0.5, 0.6) is 0 Å². The van der Waals surface area contributed by atoms with Gasteiger partial charge in [-0.3, -0.25) is 15.1 Å². The highest BCUT2D eigenvalue weighted by Crippen LogP contribution is 2.33. The summed E-state index contributed by atoms with van der Waals surface area (Å²) in [5.41, 5.74) is -0.716. The summed E-state index contributed by atoms with van der Waals surface area (Å²) in [5, 5.41) is 25.5. The molecule has 2 N–H and O–H groups in total. The van der Waals surface area contributed by atoms with Crippen molar-refractivity contribution in [2.75, 3.05) is 0 Å². The highest BCUT2D eigenvalue weighted by atomic mass is 19.3. The van der Waals surface area contributed by atoms with Crippen LogP contribution in [0.3, 0.4) is 0 Å². The average molecular weight is 353 g/mol. The van der Waals surface area contributed by atoms with Crippen LogP contribution >= 0.6 is 0 Å². The zero-order valence-corrected chi connectivity index (χ0v) is 12.7. The van der Waals surface area contributed by atoms with E-state index in [2.05, 4.69) is 22.0 Å². The summed E-state index contributed by atoms with van der Waals surface area (Å²) in [6.07, 6.45) is 2.33. The van der Waals surface area contributed by atoms with E-state index in [0.717, 1.165) is 6.20 Å². The van der Waals surface area contributed by atoms with Crippen molar-refractivity contribution in [1.82, 2.24) is 20.1 Å². The zero-order chi connectivity index (χ0) is 18.6. The van der Waals surface area contributed by atoms with Crippen LogP contribution in [-0.4, -0.2) is 30.9 Å². The molecule has 0 aromatic carbocycles. The van der Waals surface area contributed by atoms with Crippen molar-refractivity contribution in [2.24, 2.45) is 0 Å². The highest BCUT2D eigenvalue weighted by molar-refractivity contribution is 5.70. The quantitative estimate of drug-likeness (QED) is 0.448. The summed E-state index contributed by atoms with van der Waals surface area (Å²) >= 11 is 0. The monoisotopic (exact) mass is 353 g/mol. The van der Waals surface area contributed by atoms with E-state index in [9.17, 15) is 23.7 Å². The van der Waals surface area contributed by atoms with Gasteiger partial charge in [0.15, 0.2) is 5.69 Å². The third-order valence-electron chi connectivity index (χ3n) is 3.27. The molecule has 0 unspecified atom stereocenters. The van der Waals surface area contributed by atoms with Crippen LogP contribution in [0.2, 0.25) is 0 Å². The van der Waals surface area contributed by atoms with Crippen molar-refractivity contribution in [3.8, 4) is 11.3 Å². The van der Waals surface area contributed by atoms with Crippen molar-refractivity contribution >= 4 is 11.8 Å². The van der Waals surface area contributed by atoms with E-state index < -0.39 is 35.0 Å². The zero-order valence-electron chi connectivity index (χ0n) is 12.7. The predicted octanol–water partition coefficient (Wildman–Crippen LogP) is 3.13. The number of aromatic nitrogens is 3. The lowest BCUT2D eigenvalue weighted by atomic mass is 10.1. The largest absolute Gasteiger partial charge is 0.465 e. The van der Waals surface area contributed by atoms with Gasteiger partial charge in [0.05, 0.1) is 16.7 Å². The Morgan fingerprint density at radius 2 is 2.28 bits per heavy atom. The molecule has 0 spiro atoms. The minimum atomic E-state index is -3.08. The molecule has 132 valence electrons. The van der Waals surface area contributed by atoms with Gasteiger partial charge < -0.3 is 10.4 Å². The normalized spacial score (nSPS) is 12.0. The van der Waals surface area contributed by atoms with E-state index in [1.165, 1.54) is 24.4 Å². The van der Waals surface area contributed by atoms with Gasteiger partial charge in [0, 0.05) is 11.8 Å². The first-order chi connectivity index (χ1) is 11.8. The Morgan fingerprint density at radius 1 is 1.56 bits per heavy atom. The molecule has 0 fully saturated rings. The number of nitro groups is 1. The number of amides is 1. The maximum Gasteiger partial charge on any atom is 0.405 e. The number of nitrogens with one attached hydrogen (secondary N) is 1. The van der Waals surface area contributed by atoms with Crippen LogP contribution in [0.1, 0.15) is 24.7 Å². The summed E-state index contributed by atoms with van der Waals surface area (Å²) in [6, 6.07) is 1.82. The van der Waals surface area contributed by atoms with E-state index in [4.69, 9.17) is 5.11 Å². The molecule has 1 amide bonds. The molecule has 2 rings (SSSR count). The van der Waals surface area contributed by atoms with Gasteiger partial charge in [-0.15, -0.1) is 6.58 Å². The highest BCUT2D eigenvalue weighted by Gasteiger charge is 2.27. The van der Waals surface area contributed by atoms with E-state index in [1.54, 1.807) is 0 Å². The molecular formula is C14H13F2N5O4. The molecule has 0 aliphatic carbocycles. The van der Waals surface area contributed by atoms with Crippen LogP contribution in [0.25, 0.3) is 11.3 Å². The van der Waals surface area contributed by atoms with Gasteiger partial charge in [-0.25, -0.2) is 4.79 Å². The van der Waals surface area contributed by atoms with Gasteiger partial charge in [0.1, 0.15) is 6.20 Å². The van der Waals surface area contributed by atoms with Crippen LogP contribution in [-0.2, 0) is 0 Å². The fourth-order valence-corrected chi connectivity index (χ4v) is 2.27. The second-order valence-corrected chi connectivity index (χ2v) is 4.85. The average Bonchev–Trinajstić information content (AvgIpc) is 2.99. The topological polar surface area (TPSA) is 123 Å². The van der Waals surface area contributed by atoms with Crippen molar-refractivity contribution < 1.29 is 23.6 Å². The number of hydrogen-bond acceptors (Lipinski definition) is 5. The minimum absolute atomic E-state index is 0.0655. The van der Waals surface area contributed by atoms with Crippen molar-refractivity contribution in [3.05, 3.63) is 53.0 Å². The van der Waals surface area contributed by atoms with Crippen LogP contribution in [0.4, 0.5) is 19.3 Å². The number of carbonyl (C=O) groups is 1. The third-order valence-corrected chi connectivity index (χ3v) is 3.27. The van der Waals surface area contributed by atoms with Gasteiger partial charge in [0.25, 0.3) is 0 Å². The van der Waals surface area contributed by atoms with E-state index in [1.807, 2.05) is 0 Å². The number of hydrogen-bond donors (Lipinski definition) is 2. The first-order valence-electron chi connectivity index (χ1n) is 6.91. The van der Waals surface area contributed by atoms with Crippen molar-refractivity contribution in [2.45, 2.75) is 19.0 Å². The van der Waals surface area contributed by atoms with Crippen LogP contribution < -0.4 is 5.32 Å². The van der Waals surface area contributed by atoms with Crippen LogP contribution in [0.15, 0.2) is 37.2 Å². The number of carboxylic acid groups (broad SMARTS) is 1. The maximum absolute atomic E-state index is 13.1. The van der Waals surface area contributed by atoms with E-state index >= 15 is 0 Å². The lowest BCUT2D eigenvalue weighted by Gasteiger charge is -2.15. The molecular weight excluding hydrogens is 340 g/mol. The SMILES string of the molecule is C=CC[C@H](NC(=O)O)c1cc(-c2c([N+](=O)[O-])cnn2C(F)F)ccn1. The number of alkyl halides is 2. The summed E-state index contributed by atoms with van der Waals surface area (Å²) in [6.45, 7) is 0.435. The Labute approximate surface area is 139 Å². The molecule has 2 aromatic rings. The molecule has 0 bridgehead atoms. The van der Waals surface area contributed by atoms with Crippen molar-refractivity contribution in [3.63, 3.8) is 0 Å². The number of rotatable bonds is 7. The molecule has 9 nitrogen and oxygen atoms in total. The first kappa shape index (κ1) is 18.0. The van der Waals surface area contributed by atoms with Crippen LogP contribution in [0, 0.1) is 10.1 Å². The Balaban J connectivity index is 2.55. The lowest BCUT2D eigenvalue weighted by Crippen LogP contribution is -2.27. The van der Waals surface area contributed by atoms with E-state index in [-0.39, 0.29) is 22.4 Å². The maximum atomic E-state index is 13.1. The molecule has 0 saturated heterocycles. The van der Waals surface area contributed by atoms with Gasteiger partial charge in [0.2, 0.25) is 0 Å². The summed E-state index contributed by atoms with van der Waals surface area (Å²) in [5.74, 6) is 0. The molecule has 1 atom stereocenters. The number of halogens is 2. The van der Waals surface area contributed by atoms with E-state index in [0.29, 0.717) is 0 Å². The summed E-state index contributed by atoms with van der Waals surface area (Å²) in [4.78, 5) is 25.2. The summed E-state index contributed by atoms with van der Waals surface area (Å²) in [7, 11) is 0. The second kappa shape index (κ2) is 7.47. The standard InChI is InChI=1S/C14H13F2N5O4/c1-2-3-9(19-14(22)23)10-6-8(4-5-17-10)12-11(21(24)25)7-18-20(12)13(15)16/h2,4-7,9,13,19H,1,3H2,(H,22,23)/t9-/m0/s1. The van der Waals surface area contributed by atoms with Gasteiger partial charge in [-0.05, 0) is 18.6 Å². The smallest absolute Gasteiger partial charge is 0.405 e. The second-order valence-electron chi connectivity index (χ2n) is 4.85. The number of nitrogens with zero attached hydrogens (tertiary/aromatic N) is 4. The molecule has 11 heteroatoms.